The second kappa shape index (κ2) is 6.97. The molecule has 3 nitrogen and oxygen atoms in total. The van der Waals surface area contributed by atoms with Crippen LogP contribution < -0.4 is 5.32 Å². The number of halogens is 3. The summed E-state index contributed by atoms with van der Waals surface area (Å²) in [6.45, 7) is 0. The molecule has 3 rings (SSSR count). The number of benzene rings is 2. The highest BCUT2D eigenvalue weighted by Crippen LogP contribution is 2.33. The molecule has 0 aromatic heterocycles. The number of carbonyl (C=O) groups excluding carboxylic acids is 1. The van der Waals surface area contributed by atoms with Gasteiger partial charge in [0.15, 0.2) is 5.17 Å². The molecule has 1 saturated heterocycles. The van der Waals surface area contributed by atoms with Gasteiger partial charge in [-0.2, -0.15) is 0 Å². The van der Waals surface area contributed by atoms with Crippen LogP contribution in [0.5, 0.6) is 0 Å². The topological polar surface area (TPSA) is 41.5 Å². The monoisotopic (exact) mass is 382 g/mol. The number of nitrogens with one attached hydrogen (secondary N) is 1. The van der Waals surface area contributed by atoms with Gasteiger partial charge < -0.3 is 5.32 Å². The summed E-state index contributed by atoms with van der Waals surface area (Å²) in [5.74, 6) is -0.253. The third kappa shape index (κ3) is 3.72. The molecule has 7 heteroatoms. The molecule has 1 heterocycles. The van der Waals surface area contributed by atoms with E-state index in [1.807, 2.05) is 12.1 Å². The highest BCUT2D eigenvalue weighted by molar-refractivity contribution is 8.18. The van der Waals surface area contributed by atoms with E-state index in [4.69, 9.17) is 34.8 Å². The first-order valence-electron chi connectivity index (χ1n) is 6.53. The van der Waals surface area contributed by atoms with Crippen molar-refractivity contribution in [1.29, 1.82) is 0 Å². The van der Waals surface area contributed by atoms with Gasteiger partial charge in [0.1, 0.15) is 0 Å². The predicted molar refractivity (Wildman–Crippen MR) is 98.7 cm³/mol. The number of hydrogen-bond acceptors (Lipinski definition) is 3. The van der Waals surface area contributed by atoms with Crippen LogP contribution in [-0.4, -0.2) is 11.1 Å². The van der Waals surface area contributed by atoms with Crippen molar-refractivity contribution in [3.05, 3.63) is 68.0 Å². The fraction of sp³-hybridized carbons (Fsp3) is 0. The van der Waals surface area contributed by atoms with Crippen LogP contribution in [0.3, 0.4) is 0 Å². The van der Waals surface area contributed by atoms with Crippen molar-refractivity contribution >= 4 is 69.4 Å². The van der Waals surface area contributed by atoms with Gasteiger partial charge in [0, 0.05) is 15.6 Å². The minimum Gasteiger partial charge on any atom is -0.300 e. The molecule has 0 spiro atoms. The Kier molecular flexibility index (Phi) is 4.97. The third-order valence-electron chi connectivity index (χ3n) is 3.00. The summed E-state index contributed by atoms with van der Waals surface area (Å²) in [7, 11) is 0. The smallest absolute Gasteiger partial charge is 0.264 e. The minimum absolute atomic E-state index is 0.253. The van der Waals surface area contributed by atoms with Gasteiger partial charge in [0.2, 0.25) is 0 Å². The lowest BCUT2D eigenvalue weighted by Gasteiger charge is -2.01. The molecule has 1 aliphatic rings. The molecule has 2 aromatic rings. The Morgan fingerprint density at radius 2 is 1.61 bits per heavy atom. The number of amides is 1. The van der Waals surface area contributed by atoms with Gasteiger partial charge in [0.05, 0.1) is 15.6 Å². The van der Waals surface area contributed by atoms with Gasteiger partial charge in [-0.05, 0) is 42.1 Å². The van der Waals surface area contributed by atoms with Crippen LogP contribution >= 0.6 is 46.6 Å². The van der Waals surface area contributed by atoms with Gasteiger partial charge >= 0.3 is 0 Å². The summed E-state index contributed by atoms with van der Waals surface area (Å²) in [5, 5.41) is 4.63. The maximum absolute atomic E-state index is 12.1. The minimum atomic E-state index is -0.253. The lowest BCUT2D eigenvalue weighted by Crippen LogP contribution is -2.19. The number of nitrogens with zero attached hydrogens (tertiary/aromatic N) is 1. The van der Waals surface area contributed by atoms with E-state index in [-0.39, 0.29) is 5.91 Å². The first kappa shape index (κ1) is 16.4. The lowest BCUT2D eigenvalue weighted by atomic mass is 10.2. The van der Waals surface area contributed by atoms with Crippen molar-refractivity contribution in [3.63, 3.8) is 0 Å². The van der Waals surface area contributed by atoms with E-state index >= 15 is 0 Å². The predicted octanol–water partition coefficient (Wildman–Crippen LogP) is 5.54. The second-order valence-electron chi connectivity index (χ2n) is 4.57. The number of hydrogen-bond donors (Lipinski definition) is 1. The first-order valence-corrected chi connectivity index (χ1v) is 8.48. The van der Waals surface area contributed by atoms with Crippen LogP contribution in [0.4, 0.5) is 5.69 Å². The first-order chi connectivity index (χ1) is 11.0. The zero-order chi connectivity index (χ0) is 16.4. The average molecular weight is 384 g/mol. The molecule has 116 valence electrons. The van der Waals surface area contributed by atoms with E-state index in [0.717, 1.165) is 0 Å². The quantitative estimate of drug-likeness (QED) is 0.692. The third-order valence-corrected chi connectivity index (χ3v) is 4.89. The molecular formula is C16H9Cl3N2OS. The summed E-state index contributed by atoms with van der Waals surface area (Å²) >= 11 is 19.5. The normalized spacial score (nSPS) is 17.8. The Labute approximate surface area is 152 Å². The molecule has 0 saturated carbocycles. The SMILES string of the molecule is O=C1NC(=Nc2ccccc2Cl)S/C1=C/c1c(Cl)cccc1Cl. The molecule has 1 fully saturated rings. The molecule has 1 aliphatic heterocycles. The van der Waals surface area contributed by atoms with Crippen LogP contribution in [0.1, 0.15) is 5.56 Å². The van der Waals surface area contributed by atoms with E-state index in [1.54, 1.807) is 36.4 Å². The number of para-hydroxylation sites is 1. The molecule has 0 radical (unpaired) electrons. The summed E-state index contributed by atoms with van der Waals surface area (Å²) in [4.78, 5) is 16.9. The Morgan fingerprint density at radius 1 is 0.957 bits per heavy atom. The van der Waals surface area contributed by atoms with Crippen molar-refractivity contribution < 1.29 is 4.79 Å². The standard InChI is InChI=1S/C16H9Cl3N2OS/c17-10-5-3-6-11(18)9(10)8-14-15(22)21-16(23-14)20-13-7-2-1-4-12(13)19/h1-8H,(H,20,21,22)/b14-8+. The Morgan fingerprint density at radius 3 is 2.30 bits per heavy atom. The fourth-order valence-electron chi connectivity index (χ4n) is 1.91. The van der Waals surface area contributed by atoms with Crippen molar-refractivity contribution in [3.8, 4) is 0 Å². The zero-order valence-electron chi connectivity index (χ0n) is 11.5. The van der Waals surface area contributed by atoms with Crippen LogP contribution in [-0.2, 0) is 4.79 Å². The second-order valence-corrected chi connectivity index (χ2v) is 6.82. The van der Waals surface area contributed by atoms with E-state index < -0.39 is 0 Å². The van der Waals surface area contributed by atoms with Crippen LogP contribution in [0.15, 0.2) is 52.4 Å². The van der Waals surface area contributed by atoms with Crippen molar-refractivity contribution in [2.75, 3.05) is 0 Å². The van der Waals surface area contributed by atoms with Crippen molar-refractivity contribution in [2.24, 2.45) is 4.99 Å². The highest BCUT2D eigenvalue weighted by atomic mass is 35.5. The molecule has 1 N–H and O–H groups in total. The number of rotatable bonds is 2. The van der Waals surface area contributed by atoms with Gasteiger partial charge in [0.25, 0.3) is 5.91 Å². The van der Waals surface area contributed by atoms with Crippen molar-refractivity contribution in [2.45, 2.75) is 0 Å². The number of amidine groups is 1. The molecule has 0 aliphatic carbocycles. The highest BCUT2D eigenvalue weighted by Gasteiger charge is 2.24. The van der Waals surface area contributed by atoms with E-state index in [2.05, 4.69) is 10.3 Å². The fourth-order valence-corrected chi connectivity index (χ4v) is 3.41. The number of aliphatic imine (C=N–C) groups is 1. The Bertz CT molecular complexity index is 829. The Hall–Kier alpha value is -1.46. The van der Waals surface area contributed by atoms with Gasteiger partial charge in [-0.1, -0.05) is 53.0 Å². The average Bonchev–Trinajstić information content (AvgIpc) is 2.85. The maximum atomic E-state index is 12.1. The van der Waals surface area contributed by atoms with E-state index in [1.165, 1.54) is 11.8 Å². The zero-order valence-corrected chi connectivity index (χ0v) is 14.6. The number of carbonyl (C=O) groups is 1. The Balaban J connectivity index is 1.91. The summed E-state index contributed by atoms with van der Waals surface area (Å²) < 4.78 is 0. The molecule has 0 bridgehead atoms. The van der Waals surface area contributed by atoms with Gasteiger partial charge in [-0.3, -0.25) is 4.79 Å². The molecular weight excluding hydrogens is 375 g/mol. The molecule has 0 unspecified atom stereocenters. The number of thioether (sulfide) groups is 1. The molecule has 23 heavy (non-hydrogen) atoms. The largest absolute Gasteiger partial charge is 0.300 e. The maximum Gasteiger partial charge on any atom is 0.264 e. The summed E-state index contributed by atoms with van der Waals surface area (Å²) in [6.07, 6.45) is 1.65. The summed E-state index contributed by atoms with van der Waals surface area (Å²) in [6, 6.07) is 12.3. The summed E-state index contributed by atoms with van der Waals surface area (Å²) in [5.41, 5.74) is 1.20. The lowest BCUT2D eigenvalue weighted by molar-refractivity contribution is -0.115. The molecule has 2 aromatic carbocycles. The van der Waals surface area contributed by atoms with E-state index in [9.17, 15) is 4.79 Å². The van der Waals surface area contributed by atoms with Gasteiger partial charge in [-0.25, -0.2) is 4.99 Å². The van der Waals surface area contributed by atoms with Crippen molar-refractivity contribution in [1.82, 2.24) is 5.32 Å². The van der Waals surface area contributed by atoms with Gasteiger partial charge in [-0.15, -0.1) is 0 Å². The van der Waals surface area contributed by atoms with E-state index in [0.29, 0.717) is 36.4 Å². The van der Waals surface area contributed by atoms with Crippen LogP contribution in [0.25, 0.3) is 6.08 Å². The molecule has 1 amide bonds. The van der Waals surface area contributed by atoms with Crippen LogP contribution in [0.2, 0.25) is 15.1 Å². The molecule has 0 atom stereocenters. The van der Waals surface area contributed by atoms with Crippen LogP contribution in [0, 0.1) is 0 Å².